The summed E-state index contributed by atoms with van der Waals surface area (Å²) in [7, 11) is -4.22. The molecular weight excluding hydrogens is 220 g/mol. The minimum absolute atomic E-state index is 0.196. The normalized spacial score (nSPS) is 11.1. The molecule has 1 rings (SSSR count). The maximum atomic E-state index is 10.8. The van der Waals surface area contributed by atoms with Crippen LogP contribution in [-0.4, -0.2) is 18.9 Å². The molecule has 0 atom stereocenters. The van der Waals surface area contributed by atoms with E-state index in [2.05, 4.69) is 0 Å². The monoisotopic (exact) mass is 230 g/mol. The number of carbonyl (C=O) groups is 1. The van der Waals surface area contributed by atoms with Crippen LogP contribution < -0.4 is 4.74 Å². The standard InChI is InChI=1S/C9H10O5S/c1-6-5-8(14-7(2)10)3-4-9(6)15(11,12)13/h3-5H,1-2H3,(H,11,12,13). The van der Waals surface area contributed by atoms with Gasteiger partial charge < -0.3 is 4.74 Å². The van der Waals surface area contributed by atoms with Crippen LogP contribution in [0.5, 0.6) is 5.75 Å². The Kier molecular flexibility index (Phi) is 3.11. The Labute approximate surface area is 87.4 Å². The van der Waals surface area contributed by atoms with Gasteiger partial charge in [0.2, 0.25) is 0 Å². The number of benzene rings is 1. The van der Waals surface area contributed by atoms with Gasteiger partial charge in [-0.15, -0.1) is 0 Å². The zero-order valence-corrected chi connectivity index (χ0v) is 9.04. The van der Waals surface area contributed by atoms with Crippen LogP contribution in [0.4, 0.5) is 0 Å². The molecule has 0 aliphatic carbocycles. The van der Waals surface area contributed by atoms with Crippen LogP contribution in [0.3, 0.4) is 0 Å². The van der Waals surface area contributed by atoms with Crippen molar-refractivity contribution in [2.24, 2.45) is 0 Å². The van der Waals surface area contributed by atoms with Gasteiger partial charge in [-0.3, -0.25) is 9.35 Å². The zero-order chi connectivity index (χ0) is 11.6. The van der Waals surface area contributed by atoms with Crippen LogP contribution in [0, 0.1) is 6.92 Å². The molecule has 0 aliphatic rings. The molecule has 1 aromatic carbocycles. The van der Waals surface area contributed by atoms with Crippen LogP contribution in [-0.2, 0) is 14.9 Å². The van der Waals surface area contributed by atoms with Crippen molar-refractivity contribution in [2.45, 2.75) is 18.7 Å². The fraction of sp³-hybridized carbons (Fsp3) is 0.222. The fourth-order valence-electron chi connectivity index (χ4n) is 1.14. The molecule has 82 valence electrons. The first-order valence-electron chi connectivity index (χ1n) is 4.07. The topological polar surface area (TPSA) is 80.7 Å². The van der Waals surface area contributed by atoms with E-state index in [0.29, 0.717) is 5.56 Å². The first-order chi connectivity index (χ1) is 6.80. The van der Waals surface area contributed by atoms with Crippen molar-refractivity contribution < 1.29 is 22.5 Å². The average molecular weight is 230 g/mol. The molecule has 0 radical (unpaired) electrons. The van der Waals surface area contributed by atoms with Gasteiger partial charge >= 0.3 is 5.97 Å². The molecular formula is C9H10O5S. The maximum absolute atomic E-state index is 10.8. The van der Waals surface area contributed by atoms with E-state index in [0.717, 1.165) is 0 Å². The number of carbonyl (C=O) groups excluding carboxylic acids is 1. The van der Waals surface area contributed by atoms with Crippen LogP contribution in [0.1, 0.15) is 12.5 Å². The predicted molar refractivity (Wildman–Crippen MR) is 52.3 cm³/mol. The van der Waals surface area contributed by atoms with Crippen molar-refractivity contribution in [1.82, 2.24) is 0 Å². The molecule has 0 heterocycles. The lowest BCUT2D eigenvalue weighted by Crippen LogP contribution is -2.04. The molecule has 0 amide bonds. The van der Waals surface area contributed by atoms with Crippen molar-refractivity contribution in [3.63, 3.8) is 0 Å². The molecule has 0 saturated heterocycles. The first-order valence-corrected chi connectivity index (χ1v) is 5.51. The Hall–Kier alpha value is -1.40. The van der Waals surface area contributed by atoms with E-state index in [1.807, 2.05) is 0 Å². The highest BCUT2D eigenvalue weighted by Crippen LogP contribution is 2.20. The molecule has 15 heavy (non-hydrogen) atoms. The number of esters is 1. The summed E-state index contributed by atoms with van der Waals surface area (Å²) in [5, 5.41) is 0. The number of hydrogen-bond acceptors (Lipinski definition) is 4. The first kappa shape index (κ1) is 11.7. The molecule has 6 heteroatoms. The van der Waals surface area contributed by atoms with E-state index in [4.69, 9.17) is 9.29 Å². The second-order valence-electron chi connectivity index (χ2n) is 3.00. The minimum atomic E-state index is -4.22. The summed E-state index contributed by atoms with van der Waals surface area (Å²) in [5.41, 5.74) is 0.316. The van der Waals surface area contributed by atoms with Crippen LogP contribution in [0.2, 0.25) is 0 Å². The van der Waals surface area contributed by atoms with Crippen LogP contribution in [0.25, 0.3) is 0 Å². The number of aryl methyl sites for hydroxylation is 1. The fourth-order valence-corrected chi connectivity index (χ4v) is 1.85. The second-order valence-corrected chi connectivity index (χ2v) is 4.39. The third-order valence-electron chi connectivity index (χ3n) is 1.69. The summed E-state index contributed by atoms with van der Waals surface area (Å²) >= 11 is 0. The maximum Gasteiger partial charge on any atom is 0.308 e. The van der Waals surface area contributed by atoms with Crippen molar-refractivity contribution in [3.8, 4) is 5.75 Å². The number of hydrogen-bond donors (Lipinski definition) is 1. The Morgan fingerprint density at radius 1 is 1.40 bits per heavy atom. The van der Waals surface area contributed by atoms with Gasteiger partial charge in [-0.05, 0) is 30.7 Å². The van der Waals surface area contributed by atoms with Crippen molar-refractivity contribution in [1.29, 1.82) is 0 Å². The average Bonchev–Trinajstić information content (AvgIpc) is 1.99. The van der Waals surface area contributed by atoms with Gasteiger partial charge in [0.05, 0.1) is 4.90 Å². The van der Waals surface area contributed by atoms with Gasteiger partial charge in [-0.25, -0.2) is 0 Å². The van der Waals surface area contributed by atoms with Crippen molar-refractivity contribution in [2.75, 3.05) is 0 Å². The highest BCUT2D eigenvalue weighted by molar-refractivity contribution is 7.85. The summed E-state index contributed by atoms with van der Waals surface area (Å²) in [6.07, 6.45) is 0. The minimum Gasteiger partial charge on any atom is -0.427 e. The molecule has 0 bridgehead atoms. The Morgan fingerprint density at radius 2 is 2.00 bits per heavy atom. The lowest BCUT2D eigenvalue weighted by Gasteiger charge is -2.05. The Balaban J connectivity index is 3.15. The molecule has 0 saturated carbocycles. The number of ether oxygens (including phenoxy) is 1. The van der Waals surface area contributed by atoms with Gasteiger partial charge in [-0.2, -0.15) is 8.42 Å². The van der Waals surface area contributed by atoms with E-state index in [1.165, 1.54) is 32.0 Å². The smallest absolute Gasteiger partial charge is 0.308 e. The zero-order valence-electron chi connectivity index (χ0n) is 8.22. The van der Waals surface area contributed by atoms with Crippen molar-refractivity contribution in [3.05, 3.63) is 23.8 Å². The molecule has 1 aromatic rings. The summed E-state index contributed by atoms with van der Waals surface area (Å²) in [4.78, 5) is 10.4. The molecule has 0 spiro atoms. The van der Waals surface area contributed by atoms with Gasteiger partial charge in [0.1, 0.15) is 5.75 Å². The van der Waals surface area contributed by atoms with E-state index in [-0.39, 0.29) is 10.6 Å². The molecule has 0 unspecified atom stereocenters. The van der Waals surface area contributed by atoms with Gasteiger partial charge in [0.15, 0.2) is 0 Å². The molecule has 0 aliphatic heterocycles. The summed E-state index contributed by atoms with van der Waals surface area (Å²) in [6.45, 7) is 2.74. The third kappa shape index (κ3) is 3.03. The third-order valence-corrected chi connectivity index (χ3v) is 2.70. The predicted octanol–water partition coefficient (Wildman–Crippen LogP) is 1.17. The van der Waals surface area contributed by atoms with Gasteiger partial charge in [-0.1, -0.05) is 0 Å². The second kappa shape index (κ2) is 4.00. The lowest BCUT2D eigenvalue weighted by molar-refractivity contribution is -0.131. The van der Waals surface area contributed by atoms with E-state index < -0.39 is 16.1 Å². The summed E-state index contributed by atoms with van der Waals surface area (Å²) in [6, 6.07) is 3.85. The largest absolute Gasteiger partial charge is 0.427 e. The van der Waals surface area contributed by atoms with Crippen LogP contribution in [0.15, 0.2) is 23.1 Å². The number of rotatable bonds is 2. The highest BCUT2D eigenvalue weighted by atomic mass is 32.2. The molecule has 0 fully saturated rings. The highest BCUT2D eigenvalue weighted by Gasteiger charge is 2.13. The SMILES string of the molecule is CC(=O)Oc1ccc(S(=O)(=O)O)c(C)c1. The molecule has 5 nitrogen and oxygen atoms in total. The van der Waals surface area contributed by atoms with E-state index in [9.17, 15) is 13.2 Å². The summed E-state index contributed by atoms with van der Waals surface area (Å²) in [5.74, 6) is -0.249. The van der Waals surface area contributed by atoms with Gasteiger partial charge in [0, 0.05) is 6.92 Å². The summed E-state index contributed by atoms with van der Waals surface area (Å²) < 4.78 is 35.2. The quantitative estimate of drug-likeness (QED) is 0.468. The van der Waals surface area contributed by atoms with Crippen LogP contribution >= 0.6 is 0 Å². The molecule has 1 N–H and O–H groups in total. The lowest BCUT2D eigenvalue weighted by atomic mass is 10.2. The Bertz CT molecular complexity index is 489. The van der Waals surface area contributed by atoms with Crippen molar-refractivity contribution >= 4 is 16.1 Å². The van der Waals surface area contributed by atoms with Gasteiger partial charge in [0.25, 0.3) is 10.1 Å². The molecule has 0 aromatic heterocycles. The van der Waals surface area contributed by atoms with E-state index >= 15 is 0 Å². The van der Waals surface area contributed by atoms with E-state index in [1.54, 1.807) is 0 Å². The Morgan fingerprint density at radius 3 is 2.40 bits per heavy atom.